The summed E-state index contributed by atoms with van der Waals surface area (Å²) in [5.41, 5.74) is 2.88. The standard InChI is InChI=1S/C15H25N3O2S/c1-12-6-7-15(9-13(12)2)17-21(19,20)18-8-4-5-14(11-18)10-16-3/h6-7,9,14,16-17H,4-5,8,10-11H2,1-3H3. The number of nitrogens with one attached hydrogen (secondary N) is 2. The lowest BCUT2D eigenvalue weighted by Crippen LogP contribution is -2.44. The molecule has 1 unspecified atom stereocenters. The minimum Gasteiger partial charge on any atom is -0.319 e. The fourth-order valence-corrected chi connectivity index (χ4v) is 4.05. The van der Waals surface area contributed by atoms with Crippen LogP contribution in [0.1, 0.15) is 24.0 Å². The van der Waals surface area contributed by atoms with Crippen LogP contribution in [0.5, 0.6) is 0 Å². The summed E-state index contributed by atoms with van der Waals surface area (Å²) in [5.74, 6) is 0.389. The molecule has 1 heterocycles. The van der Waals surface area contributed by atoms with E-state index >= 15 is 0 Å². The first-order valence-corrected chi connectivity index (χ1v) is 8.86. The van der Waals surface area contributed by atoms with Gasteiger partial charge in [0.25, 0.3) is 0 Å². The van der Waals surface area contributed by atoms with Crippen LogP contribution < -0.4 is 10.0 Å². The van der Waals surface area contributed by atoms with Gasteiger partial charge in [0.05, 0.1) is 5.69 Å². The average Bonchev–Trinajstić information content (AvgIpc) is 2.43. The Labute approximate surface area is 127 Å². The summed E-state index contributed by atoms with van der Waals surface area (Å²) >= 11 is 0. The van der Waals surface area contributed by atoms with Crippen molar-refractivity contribution in [2.24, 2.45) is 5.92 Å². The molecule has 0 aromatic heterocycles. The van der Waals surface area contributed by atoms with Gasteiger partial charge in [-0.2, -0.15) is 12.7 Å². The van der Waals surface area contributed by atoms with Crippen LogP contribution in [0.15, 0.2) is 18.2 Å². The molecule has 21 heavy (non-hydrogen) atoms. The summed E-state index contributed by atoms with van der Waals surface area (Å²) in [5, 5.41) is 3.13. The molecule has 0 amide bonds. The molecule has 1 saturated heterocycles. The Morgan fingerprint density at radius 2 is 2.05 bits per heavy atom. The van der Waals surface area contributed by atoms with Crippen molar-refractivity contribution in [3.05, 3.63) is 29.3 Å². The molecule has 1 fully saturated rings. The SMILES string of the molecule is CNCC1CCCN(S(=O)(=O)Nc2ccc(C)c(C)c2)C1. The van der Waals surface area contributed by atoms with E-state index in [1.54, 1.807) is 4.31 Å². The number of benzene rings is 1. The van der Waals surface area contributed by atoms with Crippen LogP contribution in [0.2, 0.25) is 0 Å². The van der Waals surface area contributed by atoms with E-state index in [0.29, 0.717) is 24.7 Å². The Balaban J connectivity index is 2.08. The smallest absolute Gasteiger partial charge is 0.301 e. The molecule has 2 rings (SSSR count). The molecule has 1 aliphatic rings. The van der Waals surface area contributed by atoms with Crippen LogP contribution in [0.3, 0.4) is 0 Å². The van der Waals surface area contributed by atoms with E-state index in [0.717, 1.165) is 30.5 Å². The van der Waals surface area contributed by atoms with E-state index in [2.05, 4.69) is 10.0 Å². The van der Waals surface area contributed by atoms with Crippen LogP contribution in [0.4, 0.5) is 5.69 Å². The molecule has 1 atom stereocenters. The van der Waals surface area contributed by atoms with Gasteiger partial charge in [0.2, 0.25) is 0 Å². The Bertz CT molecular complexity index is 585. The summed E-state index contributed by atoms with van der Waals surface area (Å²) < 4.78 is 29.3. The van der Waals surface area contributed by atoms with E-state index in [4.69, 9.17) is 0 Å². The van der Waals surface area contributed by atoms with Gasteiger partial charge in [-0.15, -0.1) is 0 Å². The highest BCUT2D eigenvalue weighted by molar-refractivity contribution is 7.90. The molecule has 1 aromatic carbocycles. The van der Waals surface area contributed by atoms with Gasteiger partial charge >= 0.3 is 10.2 Å². The molecule has 118 valence electrons. The van der Waals surface area contributed by atoms with E-state index in [9.17, 15) is 8.42 Å². The van der Waals surface area contributed by atoms with Gasteiger partial charge in [-0.25, -0.2) is 0 Å². The maximum Gasteiger partial charge on any atom is 0.301 e. The van der Waals surface area contributed by atoms with E-state index in [1.807, 2.05) is 39.1 Å². The normalized spacial score (nSPS) is 20.4. The van der Waals surface area contributed by atoms with Crippen molar-refractivity contribution in [3.8, 4) is 0 Å². The third kappa shape index (κ3) is 4.18. The van der Waals surface area contributed by atoms with Gasteiger partial charge in [-0.1, -0.05) is 6.07 Å². The highest BCUT2D eigenvalue weighted by Gasteiger charge is 2.28. The molecule has 0 aliphatic carbocycles. The van der Waals surface area contributed by atoms with Crippen LogP contribution in [0.25, 0.3) is 0 Å². The molecule has 5 nitrogen and oxygen atoms in total. The van der Waals surface area contributed by atoms with Gasteiger partial charge in [0, 0.05) is 13.1 Å². The highest BCUT2D eigenvalue weighted by atomic mass is 32.2. The van der Waals surface area contributed by atoms with Gasteiger partial charge in [0.1, 0.15) is 0 Å². The zero-order valence-electron chi connectivity index (χ0n) is 13.0. The summed E-state index contributed by atoms with van der Waals surface area (Å²) in [6, 6.07) is 5.63. The van der Waals surface area contributed by atoms with Crippen LogP contribution in [-0.2, 0) is 10.2 Å². The minimum absolute atomic E-state index is 0.389. The first-order valence-electron chi connectivity index (χ1n) is 7.42. The lowest BCUT2D eigenvalue weighted by molar-refractivity contribution is 0.264. The largest absolute Gasteiger partial charge is 0.319 e. The second-order valence-corrected chi connectivity index (χ2v) is 7.50. The van der Waals surface area contributed by atoms with Gasteiger partial charge < -0.3 is 5.32 Å². The van der Waals surface area contributed by atoms with Crippen molar-refractivity contribution >= 4 is 15.9 Å². The minimum atomic E-state index is -3.46. The summed E-state index contributed by atoms with van der Waals surface area (Å²) in [4.78, 5) is 0. The van der Waals surface area contributed by atoms with Gasteiger partial charge in [-0.05, 0) is 69.5 Å². The molecule has 0 radical (unpaired) electrons. The maximum absolute atomic E-state index is 12.5. The van der Waals surface area contributed by atoms with Crippen molar-refractivity contribution in [1.82, 2.24) is 9.62 Å². The number of rotatable bonds is 5. The van der Waals surface area contributed by atoms with Crippen LogP contribution >= 0.6 is 0 Å². The van der Waals surface area contributed by atoms with Crippen LogP contribution in [-0.4, -0.2) is 39.4 Å². The Morgan fingerprint density at radius 1 is 1.29 bits per heavy atom. The monoisotopic (exact) mass is 311 g/mol. The molecule has 1 aliphatic heterocycles. The predicted octanol–water partition coefficient (Wildman–Crippen LogP) is 1.89. The van der Waals surface area contributed by atoms with Gasteiger partial charge in [-0.3, -0.25) is 4.72 Å². The van der Waals surface area contributed by atoms with Crippen molar-refractivity contribution in [2.75, 3.05) is 31.4 Å². The summed E-state index contributed by atoms with van der Waals surface area (Å²) in [6.07, 6.45) is 2.00. The van der Waals surface area contributed by atoms with Crippen LogP contribution in [0, 0.1) is 19.8 Å². The molecule has 6 heteroatoms. The third-order valence-electron chi connectivity index (χ3n) is 4.07. The number of hydrogen-bond donors (Lipinski definition) is 2. The molecular formula is C15H25N3O2S. The average molecular weight is 311 g/mol. The summed E-state index contributed by atoms with van der Waals surface area (Å²) in [6.45, 7) is 6.04. The number of aryl methyl sites for hydroxylation is 2. The number of piperidine rings is 1. The number of hydrogen-bond acceptors (Lipinski definition) is 3. The summed E-state index contributed by atoms with van der Waals surface area (Å²) in [7, 11) is -1.56. The molecule has 0 spiro atoms. The number of anilines is 1. The van der Waals surface area contributed by atoms with Crippen molar-refractivity contribution < 1.29 is 8.42 Å². The van der Waals surface area contributed by atoms with Crippen molar-refractivity contribution in [1.29, 1.82) is 0 Å². The quantitative estimate of drug-likeness (QED) is 0.873. The molecule has 0 saturated carbocycles. The molecular weight excluding hydrogens is 286 g/mol. The molecule has 0 bridgehead atoms. The fraction of sp³-hybridized carbons (Fsp3) is 0.600. The predicted molar refractivity (Wildman–Crippen MR) is 86.7 cm³/mol. The fourth-order valence-electron chi connectivity index (χ4n) is 2.72. The van der Waals surface area contributed by atoms with E-state index < -0.39 is 10.2 Å². The lowest BCUT2D eigenvalue weighted by atomic mass is 10.00. The molecule has 1 aromatic rings. The number of nitrogens with zero attached hydrogens (tertiary/aromatic N) is 1. The lowest BCUT2D eigenvalue weighted by Gasteiger charge is -2.32. The Morgan fingerprint density at radius 3 is 2.71 bits per heavy atom. The first kappa shape index (κ1) is 16.3. The molecule has 2 N–H and O–H groups in total. The Hall–Kier alpha value is -1.11. The van der Waals surface area contributed by atoms with Gasteiger partial charge in [0.15, 0.2) is 0 Å². The zero-order chi connectivity index (χ0) is 15.5. The second-order valence-electron chi connectivity index (χ2n) is 5.83. The van der Waals surface area contributed by atoms with E-state index in [-0.39, 0.29) is 0 Å². The maximum atomic E-state index is 12.5. The first-order chi connectivity index (χ1) is 9.92. The Kier molecular flexibility index (Phi) is 5.24. The zero-order valence-corrected chi connectivity index (χ0v) is 13.8. The second kappa shape index (κ2) is 6.77. The van der Waals surface area contributed by atoms with E-state index in [1.165, 1.54) is 0 Å². The van der Waals surface area contributed by atoms with Crippen molar-refractivity contribution in [3.63, 3.8) is 0 Å². The highest BCUT2D eigenvalue weighted by Crippen LogP contribution is 2.21. The topological polar surface area (TPSA) is 61.4 Å². The van der Waals surface area contributed by atoms with Crippen molar-refractivity contribution in [2.45, 2.75) is 26.7 Å². The third-order valence-corrected chi connectivity index (χ3v) is 5.57.